The van der Waals surface area contributed by atoms with Gasteiger partial charge in [0.05, 0.1) is 18.9 Å². The second kappa shape index (κ2) is 6.73. The number of hydrogen-bond acceptors (Lipinski definition) is 3. The van der Waals surface area contributed by atoms with Gasteiger partial charge in [-0.3, -0.25) is 4.99 Å². The van der Waals surface area contributed by atoms with Gasteiger partial charge in [0.15, 0.2) is 0 Å². The van der Waals surface area contributed by atoms with Crippen LogP contribution in [-0.2, 0) is 4.74 Å². The van der Waals surface area contributed by atoms with Gasteiger partial charge in [-0.1, -0.05) is 12.1 Å². The quantitative estimate of drug-likeness (QED) is 0.924. The molecule has 0 aliphatic carbocycles. The van der Waals surface area contributed by atoms with E-state index >= 15 is 0 Å². The van der Waals surface area contributed by atoms with Crippen molar-refractivity contribution in [2.75, 3.05) is 31.2 Å². The molecule has 25 heavy (non-hydrogen) atoms. The molecule has 4 nitrogen and oxygen atoms in total. The molecule has 0 saturated carbocycles. The number of nitrogens with zero attached hydrogens (tertiary/aromatic N) is 2. The number of hydrogen-bond donors (Lipinski definition) is 1. The molecule has 128 valence electrons. The molecule has 0 bridgehead atoms. The van der Waals surface area contributed by atoms with Crippen molar-refractivity contribution in [1.29, 1.82) is 0 Å². The Labute approximate surface area is 148 Å². The van der Waals surface area contributed by atoms with Gasteiger partial charge in [0, 0.05) is 41.4 Å². The Hall–Kier alpha value is -2.59. The Morgan fingerprint density at radius 2 is 1.76 bits per heavy atom. The normalized spacial score (nSPS) is 19.3. The van der Waals surface area contributed by atoms with Gasteiger partial charge in [-0.2, -0.15) is 0 Å². The molecule has 0 amide bonds. The number of aromatic nitrogens is 1. The van der Waals surface area contributed by atoms with Crippen LogP contribution in [0.3, 0.4) is 0 Å². The zero-order chi connectivity index (χ0) is 17.2. The molecular weight excluding hydrogens is 310 g/mol. The van der Waals surface area contributed by atoms with Crippen molar-refractivity contribution in [3.8, 4) is 0 Å². The van der Waals surface area contributed by atoms with Crippen molar-refractivity contribution in [2.24, 2.45) is 4.99 Å². The first-order valence-corrected chi connectivity index (χ1v) is 8.77. The molecule has 0 atom stereocenters. The summed E-state index contributed by atoms with van der Waals surface area (Å²) in [5.74, 6) is 0. The second-order valence-corrected chi connectivity index (χ2v) is 6.55. The summed E-state index contributed by atoms with van der Waals surface area (Å²) in [6, 6.07) is 13.0. The van der Waals surface area contributed by atoms with Crippen molar-refractivity contribution in [3.63, 3.8) is 0 Å². The number of benzene rings is 1. The van der Waals surface area contributed by atoms with Crippen molar-refractivity contribution in [1.82, 2.24) is 4.98 Å². The van der Waals surface area contributed by atoms with Gasteiger partial charge in [-0.25, -0.2) is 0 Å². The topological polar surface area (TPSA) is 40.6 Å². The first-order chi connectivity index (χ1) is 12.2. The van der Waals surface area contributed by atoms with E-state index in [1.54, 1.807) is 0 Å². The predicted octanol–water partition coefficient (Wildman–Crippen LogP) is 3.95. The fraction of sp³-hybridized carbons (Fsp3) is 0.286. The molecule has 1 saturated heterocycles. The highest BCUT2D eigenvalue weighted by Gasteiger charge is 2.16. The van der Waals surface area contributed by atoms with Crippen LogP contribution < -0.4 is 4.90 Å². The number of aryl methyl sites for hydroxylation is 1. The first kappa shape index (κ1) is 15.9. The van der Waals surface area contributed by atoms with Crippen LogP contribution in [0.5, 0.6) is 0 Å². The van der Waals surface area contributed by atoms with Gasteiger partial charge in [-0.15, -0.1) is 0 Å². The van der Waals surface area contributed by atoms with E-state index in [1.807, 2.05) is 6.92 Å². The fourth-order valence-corrected chi connectivity index (χ4v) is 3.36. The van der Waals surface area contributed by atoms with Crippen molar-refractivity contribution < 1.29 is 4.74 Å². The van der Waals surface area contributed by atoms with Crippen LogP contribution in [0.2, 0.25) is 0 Å². The Bertz CT molecular complexity index is 850. The number of H-pyrrole nitrogens is 1. The van der Waals surface area contributed by atoms with E-state index in [9.17, 15) is 0 Å². The Morgan fingerprint density at radius 3 is 2.36 bits per heavy atom. The Balaban J connectivity index is 1.72. The largest absolute Gasteiger partial charge is 0.378 e. The highest BCUT2D eigenvalue weighted by Crippen LogP contribution is 2.31. The minimum absolute atomic E-state index is 0.803. The highest BCUT2D eigenvalue weighted by atomic mass is 16.5. The molecule has 1 fully saturated rings. The average molecular weight is 333 g/mol. The molecule has 0 unspecified atom stereocenters. The number of aliphatic imine (C=N–C) groups is 1. The lowest BCUT2D eigenvalue weighted by Gasteiger charge is -2.29. The lowest BCUT2D eigenvalue weighted by Crippen LogP contribution is -2.36. The van der Waals surface area contributed by atoms with Crippen LogP contribution >= 0.6 is 0 Å². The number of aromatic amines is 1. The molecule has 4 heteroatoms. The predicted molar refractivity (Wildman–Crippen MR) is 103 cm³/mol. The highest BCUT2D eigenvalue weighted by molar-refractivity contribution is 5.99. The summed E-state index contributed by atoms with van der Waals surface area (Å²) in [7, 11) is 0. The van der Waals surface area contributed by atoms with Crippen LogP contribution in [0.1, 0.15) is 23.9 Å². The lowest BCUT2D eigenvalue weighted by atomic mass is 10.00. The molecule has 2 aliphatic heterocycles. The molecule has 4 rings (SSSR count). The summed E-state index contributed by atoms with van der Waals surface area (Å²) in [6.07, 6.45) is 4.16. The maximum absolute atomic E-state index is 5.45. The molecule has 2 aromatic rings. The smallest absolute Gasteiger partial charge is 0.0732 e. The number of anilines is 1. The summed E-state index contributed by atoms with van der Waals surface area (Å²) in [6.45, 7) is 7.62. The van der Waals surface area contributed by atoms with Crippen LogP contribution in [0.15, 0.2) is 59.2 Å². The van der Waals surface area contributed by atoms with Gasteiger partial charge >= 0.3 is 0 Å². The van der Waals surface area contributed by atoms with Crippen LogP contribution in [0, 0.1) is 6.92 Å². The zero-order valence-corrected chi connectivity index (χ0v) is 14.7. The monoisotopic (exact) mass is 333 g/mol. The lowest BCUT2D eigenvalue weighted by molar-refractivity contribution is 0.122. The summed E-state index contributed by atoms with van der Waals surface area (Å²) in [5.41, 5.74) is 7.89. The van der Waals surface area contributed by atoms with E-state index in [4.69, 9.17) is 9.73 Å². The van der Waals surface area contributed by atoms with Crippen molar-refractivity contribution in [3.05, 3.63) is 71.2 Å². The summed E-state index contributed by atoms with van der Waals surface area (Å²) in [5, 5.41) is 0. The molecule has 1 aromatic heterocycles. The van der Waals surface area contributed by atoms with Crippen LogP contribution in [0.4, 0.5) is 5.69 Å². The third kappa shape index (κ3) is 3.30. The van der Waals surface area contributed by atoms with Crippen LogP contribution in [0.25, 0.3) is 5.57 Å². The van der Waals surface area contributed by atoms with Crippen molar-refractivity contribution in [2.45, 2.75) is 13.8 Å². The Kier molecular flexibility index (Phi) is 4.28. The van der Waals surface area contributed by atoms with E-state index in [-0.39, 0.29) is 0 Å². The van der Waals surface area contributed by atoms with E-state index in [0.717, 1.165) is 54.7 Å². The maximum Gasteiger partial charge on any atom is 0.0732 e. The molecule has 1 N–H and O–H groups in total. The van der Waals surface area contributed by atoms with Gasteiger partial charge in [0.2, 0.25) is 0 Å². The molecule has 3 heterocycles. The number of morpholine rings is 1. The molecule has 2 aliphatic rings. The first-order valence-electron chi connectivity index (χ1n) is 8.77. The second-order valence-electron chi connectivity index (χ2n) is 6.55. The third-order valence-electron chi connectivity index (χ3n) is 4.67. The van der Waals surface area contributed by atoms with E-state index < -0.39 is 0 Å². The third-order valence-corrected chi connectivity index (χ3v) is 4.67. The molecule has 0 radical (unpaired) electrons. The van der Waals surface area contributed by atoms with Crippen LogP contribution in [-0.4, -0.2) is 37.0 Å². The molecule has 1 aromatic carbocycles. The fourth-order valence-electron chi connectivity index (χ4n) is 3.36. The van der Waals surface area contributed by atoms with Gasteiger partial charge in [-0.05, 0) is 55.8 Å². The molecule has 0 spiro atoms. The standard InChI is InChI=1S/C21H23N3O/c1-15-3-9-19(22-15)21(20-10-4-16(2)23-20)17-5-7-18(8-6-17)24-11-13-25-14-12-24/h3-10,22H,11-14H2,1-2H3/b21-20+. The van der Waals surface area contributed by atoms with E-state index in [1.165, 1.54) is 11.3 Å². The SMILES string of the molecule is CC1=N/C(=C(\c2ccc(N3CCOCC3)cc2)c2ccc(C)[nH]2)C=C1. The average Bonchev–Trinajstić information content (AvgIpc) is 3.26. The summed E-state index contributed by atoms with van der Waals surface area (Å²) < 4.78 is 5.45. The number of rotatable bonds is 3. The van der Waals surface area contributed by atoms with Gasteiger partial charge in [0.25, 0.3) is 0 Å². The maximum atomic E-state index is 5.45. The number of nitrogens with one attached hydrogen (secondary N) is 1. The summed E-state index contributed by atoms with van der Waals surface area (Å²) in [4.78, 5) is 10.5. The number of ether oxygens (including phenoxy) is 1. The Morgan fingerprint density at radius 1 is 1.00 bits per heavy atom. The van der Waals surface area contributed by atoms with Gasteiger partial charge in [0.1, 0.15) is 0 Å². The van der Waals surface area contributed by atoms with E-state index in [2.05, 4.69) is 65.4 Å². The minimum atomic E-state index is 0.803. The van der Waals surface area contributed by atoms with Crippen molar-refractivity contribution >= 4 is 17.0 Å². The van der Waals surface area contributed by atoms with E-state index in [0.29, 0.717) is 0 Å². The minimum Gasteiger partial charge on any atom is -0.378 e. The number of allylic oxidation sites excluding steroid dienone is 2. The summed E-state index contributed by atoms with van der Waals surface area (Å²) >= 11 is 0. The molecular formula is C21H23N3O. The van der Waals surface area contributed by atoms with Gasteiger partial charge < -0.3 is 14.6 Å². The zero-order valence-electron chi connectivity index (χ0n) is 14.7.